The summed E-state index contributed by atoms with van der Waals surface area (Å²) in [6, 6.07) is 11.7. The lowest BCUT2D eigenvalue weighted by Gasteiger charge is -2.37. The predicted molar refractivity (Wildman–Crippen MR) is 117 cm³/mol. The molecule has 2 N–H and O–H groups in total. The number of hydrogen-bond acceptors (Lipinski definition) is 3. The van der Waals surface area contributed by atoms with Gasteiger partial charge in [-0.25, -0.2) is 8.78 Å². The SMILES string of the molecule is CN1CCC(NCc2ccc([C@@H]3Nc4c(F)cc(F)cc4[C@@H]4C=CC[C@@H]43)cc2)CC1. The minimum atomic E-state index is -0.507. The van der Waals surface area contributed by atoms with Crippen LogP contribution in [0.1, 0.15) is 47.9 Å². The Morgan fingerprint density at radius 3 is 2.63 bits per heavy atom. The molecule has 0 saturated carbocycles. The third kappa shape index (κ3) is 3.77. The minimum Gasteiger partial charge on any atom is -0.375 e. The topological polar surface area (TPSA) is 27.3 Å². The lowest BCUT2D eigenvalue weighted by Crippen LogP contribution is -2.40. The van der Waals surface area contributed by atoms with Gasteiger partial charge in [-0.05, 0) is 68.1 Å². The number of fused-ring (bicyclic) bond motifs is 3. The molecular formula is C25H29F2N3. The Balaban J connectivity index is 1.31. The van der Waals surface area contributed by atoms with Gasteiger partial charge in [0.05, 0.1) is 11.7 Å². The van der Waals surface area contributed by atoms with Crippen LogP contribution in [0.4, 0.5) is 14.5 Å². The number of anilines is 1. The van der Waals surface area contributed by atoms with Gasteiger partial charge in [0.25, 0.3) is 0 Å². The number of rotatable bonds is 4. The molecule has 0 aromatic heterocycles. The van der Waals surface area contributed by atoms with E-state index in [0.717, 1.165) is 43.2 Å². The average molecular weight is 410 g/mol. The van der Waals surface area contributed by atoms with Crippen molar-refractivity contribution in [3.8, 4) is 0 Å². The Bertz CT molecular complexity index is 932. The molecule has 2 aromatic rings. The Morgan fingerprint density at radius 1 is 1.10 bits per heavy atom. The number of benzene rings is 2. The summed E-state index contributed by atoms with van der Waals surface area (Å²) in [5.74, 6) is -0.677. The largest absolute Gasteiger partial charge is 0.375 e. The first-order valence-electron chi connectivity index (χ1n) is 11.0. The van der Waals surface area contributed by atoms with Crippen molar-refractivity contribution in [1.29, 1.82) is 0 Å². The van der Waals surface area contributed by atoms with Gasteiger partial charge in [0.2, 0.25) is 0 Å². The molecule has 1 saturated heterocycles. The van der Waals surface area contributed by atoms with E-state index in [4.69, 9.17) is 0 Å². The first-order valence-corrected chi connectivity index (χ1v) is 11.0. The third-order valence-electron chi connectivity index (χ3n) is 7.04. The first-order chi connectivity index (χ1) is 14.6. The second kappa shape index (κ2) is 8.12. The van der Waals surface area contributed by atoms with E-state index in [2.05, 4.69) is 59.0 Å². The molecule has 158 valence electrons. The fourth-order valence-corrected chi connectivity index (χ4v) is 5.27. The van der Waals surface area contributed by atoms with E-state index < -0.39 is 11.6 Å². The molecular weight excluding hydrogens is 380 g/mol. The fraction of sp³-hybridized carbons (Fsp3) is 0.440. The van der Waals surface area contributed by atoms with Crippen molar-refractivity contribution >= 4 is 5.69 Å². The van der Waals surface area contributed by atoms with E-state index >= 15 is 0 Å². The Labute approximate surface area is 177 Å². The first kappa shape index (κ1) is 19.7. The summed E-state index contributed by atoms with van der Waals surface area (Å²) in [4.78, 5) is 2.38. The molecule has 5 heteroatoms. The van der Waals surface area contributed by atoms with Crippen molar-refractivity contribution < 1.29 is 8.78 Å². The van der Waals surface area contributed by atoms with Crippen molar-refractivity contribution in [2.75, 3.05) is 25.5 Å². The number of likely N-dealkylation sites (tertiary alicyclic amines) is 1. The standard InChI is InChI=1S/C25H29F2N3/c1-30-11-9-19(10-12-30)28-15-16-5-7-17(8-6-16)24-21-4-2-3-20(21)22-13-18(26)14-23(27)25(22)29-24/h2-3,5-8,13-14,19-21,24,28-29H,4,9-12,15H2,1H3/t20-,21+,24+/m1/s1. The van der Waals surface area contributed by atoms with Gasteiger partial charge in [-0.15, -0.1) is 0 Å². The second-order valence-electron chi connectivity index (χ2n) is 9.03. The number of nitrogens with one attached hydrogen (secondary N) is 2. The molecule has 3 nitrogen and oxygen atoms in total. The predicted octanol–water partition coefficient (Wildman–Crippen LogP) is 4.98. The molecule has 5 rings (SSSR count). The molecule has 30 heavy (non-hydrogen) atoms. The Kier molecular flexibility index (Phi) is 5.34. The summed E-state index contributed by atoms with van der Waals surface area (Å²) in [6.45, 7) is 3.18. The summed E-state index contributed by atoms with van der Waals surface area (Å²) in [7, 11) is 2.18. The van der Waals surface area contributed by atoms with E-state index in [1.807, 2.05) is 0 Å². The maximum Gasteiger partial charge on any atom is 0.149 e. The van der Waals surface area contributed by atoms with Crippen LogP contribution in [0.5, 0.6) is 0 Å². The van der Waals surface area contributed by atoms with Crippen LogP contribution in [0, 0.1) is 17.6 Å². The van der Waals surface area contributed by atoms with Crippen LogP contribution in [-0.4, -0.2) is 31.1 Å². The second-order valence-corrected chi connectivity index (χ2v) is 9.03. The van der Waals surface area contributed by atoms with Crippen LogP contribution in [-0.2, 0) is 6.54 Å². The maximum atomic E-state index is 14.5. The number of hydrogen-bond donors (Lipinski definition) is 2. The Morgan fingerprint density at radius 2 is 1.87 bits per heavy atom. The number of piperidine rings is 1. The molecule has 0 unspecified atom stereocenters. The summed E-state index contributed by atoms with van der Waals surface area (Å²) in [5.41, 5.74) is 3.61. The lowest BCUT2D eigenvalue weighted by atomic mass is 9.77. The molecule has 0 radical (unpaired) electrons. The summed E-state index contributed by atoms with van der Waals surface area (Å²) >= 11 is 0. The highest BCUT2D eigenvalue weighted by Crippen LogP contribution is 2.50. The van der Waals surface area contributed by atoms with Gasteiger partial charge >= 0.3 is 0 Å². The zero-order valence-electron chi connectivity index (χ0n) is 17.4. The highest BCUT2D eigenvalue weighted by atomic mass is 19.1. The van der Waals surface area contributed by atoms with Gasteiger partial charge in [0, 0.05) is 24.6 Å². The van der Waals surface area contributed by atoms with Crippen LogP contribution >= 0.6 is 0 Å². The molecule has 2 aromatic carbocycles. The quantitative estimate of drug-likeness (QED) is 0.698. The zero-order chi connectivity index (χ0) is 20.7. The van der Waals surface area contributed by atoms with Crippen molar-refractivity contribution in [3.63, 3.8) is 0 Å². The maximum absolute atomic E-state index is 14.5. The zero-order valence-corrected chi connectivity index (χ0v) is 17.4. The smallest absolute Gasteiger partial charge is 0.149 e. The van der Waals surface area contributed by atoms with Gasteiger partial charge < -0.3 is 15.5 Å². The monoisotopic (exact) mass is 409 g/mol. The fourth-order valence-electron chi connectivity index (χ4n) is 5.27. The van der Waals surface area contributed by atoms with Crippen LogP contribution < -0.4 is 10.6 Å². The molecule has 2 heterocycles. The van der Waals surface area contributed by atoms with Gasteiger partial charge in [0.1, 0.15) is 11.6 Å². The molecule has 3 aliphatic rings. The van der Waals surface area contributed by atoms with Crippen LogP contribution in [0.2, 0.25) is 0 Å². The summed E-state index contributed by atoms with van der Waals surface area (Å²) < 4.78 is 28.3. The number of halogens is 2. The average Bonchev–Trinajstić information content (AvgIpc) is 3.24. The van der Waals surface area contributed by atoms with E-state index in [0.29, 0.717) is 11.7 Å². The van der Waals surface area contributed by atoms with Crippen molar-refractivity contribution in [2.24, 2.45) is 5.92 Å². The highest BCUT2D eigenvalue weighted by Gasteiger charge is 2.39. The van der Waals surface area contributed by atoms with E-state index in [1.165, 1.54) is 24.5 Å². The molecule has 0 amide bonds. The van der Waals surface area contributed by atoms with E-state index in [9.17, 15) is 8.78 Å². The molecule has 1 aliphatic carbocycles. The highest BCUT2D eigenvalue weighted by molar-refractivity contribution is 5.60. The van der Waals surface area contributed by atoms with Crippen molar-refractivity contribution in [2.45, 2.75) is 43.8 Å². The van der Waals surface area contributed by atoms with Gasteiger partial charge in [-0.1, -0.05) is 36.4 Å². The summed E-state index contributed by atoms with van der Waals surface area (Å²) in [6.07, 6.45) is 7.56. The lowest BCUT2D eigenvalue weighted by molar-refractivity contribution is 0.234. The normalized spacial score (nSPS) is 26.3. The van der Waals surface area contributed by atoms with Crippen LogP contribution in [0.15, 0.2) is 48.6 Å². The number of allylic oxidation sites excluding steroid dienone is 2. The van der Waals surface area contributed by atoms with Gasteiger partial charge in [-0.3, -0.25) is 0 Å². The molecule has 0 spiro atoms. The van der Waals surface area contributed by atoms with Crippen LogP contribution in [0.3, 0.4) is 0 Å². The van der Waals surface area contributed by atoms with E-state index in [1.54, 1.807) is 0 Å². The minimum absolute atomic E-state index is 0.0216. The third-order valence-corrected chi connectivity index (χ3v) is 7.04. The van der Waals surface area contributed by atoms with Crippen molar-refractivity contribution in [1.82, 2.24) is 10.2 Å². The van der Waals surface area contributed by atoms with Crippen molar-refractivity contribution in [3.05, 3.63) is 76.9 Å². The molecule has 0 bridgehead atoms. The number of nitrogens with zero attached hydrogens (tertiary/aromatic N) is 1. The summed E-state index contributed by atoms with van der Waals surface area (Å²) in [5, 5.41) is 7.07. The molecule has 1 fully saturated rings. The van der Waals surface area contributed by atoms with E-state index in [-0.39, 0.29) is 17.9 Å². The van der Waals surface area contributed by atoms with Gasteiger partial charge in [0.15, 0.2) is 0 Å². The molecule has 3 atom stereocenters. The molecule has 2 aliphatic heterocycles. The van der Waals surface area contributed by atoms with Crippen LogP contribution in [0.25, 0.3) is 0 Å². The Hall–Kier alpha value is -2.24. The van der Waals surface area contributed by atoms with Gasteiger partial charge in [-0.2, -0.15) is 0 Å².